The molecule has 0 atom stereocenters. The smallest absolute Gasteiger partial charge is 0.255 e. The number of nitrogens with zero attached hydrogens (tertiary/aromatic N) is 1. The van der Waals surface area contributed by atoms with Gasteiger partial charge < -0.3 is 10.2 Å². The minimum atomic E-state index is -0.00222. The van der Waals surface area contributed by atoms with Gasteiger partial charge in [-0.2, -0.15) is 0 Å². The molecule has 5 heteroatoms. The van der Waals surface area contributed by atoms with Crippen LogP contribution in [-0.4, -0.2) is 29.8 Å². The first-order valence-electron chi connectivity index (χ1n) is 9.99. The third kappa shape index (κ3) is 5.35. The average Bonchev–Trinajstić information content (AvgIpc) is 2.72. The fourth-order valence-electron chi connectivity index (χ4n) is 3.66. The number of likely N-dealkylation sites (tertiary alicyclic amines) is 1. The second kappa shape index (κ2) is 9.74. The van der Waals surface area contributed by atoms with Gasteiger partial charge in [-0.05, 0) is 61.4 Å². The maximum absolute atomic E-state index is 12.6. The van der Waals surface area contributed by atoms with Crippen LogP contribution in [0.15, 0.2) is 48.5 Å². The van der Waals surface area contributed by atoms with Crippen LogP contribution >= 0.6 is 11.6 Å². The Morgan fingerprint density at radius 1 is 1.11 bits per heavy atom. The van der Waals surface area contributed by atoms with Crippen LogP contribution in [0.2, 0.25) is 5.02 Å². The Labute approximate surface area is 171 Å². The van der Waals surface area contributed by atoms with Crippen LogP contribution in [0.1, 0.15) is 48.5 Å². The Morgan fingerprint density at radius 3 is 2.57 bits per heavy atom. The number of halogens is 1. The fraction of sp³-hybridized carbons (Fsp3) is 0.391. The summed E-state index contributed by atoms with van der Waals surface area (Å²) < 4.78 is 0. The standard InChI is InChI=1S/C23H27ClN2O2/c1-2-17-6-5-7-19(16-17)25-22(27)11-10-18-12-14-26(15-13-18)23(28)20-8-3-4-9-21(20)24/h3-9,16,18H,2,10-15H2,1H3,(H,25,27). The van der Waals surface area contributed by atoms with Crippen LogP contribution in [0.3, 0.4) is 0 Å². The van der Waals surface area contributed by atoms with E-state index in [9.17, 15) is 9.59 Å². The van der Waals surface area contributed by atoms with Gasteiger partial charge in [0.05, 0.1) is 10.6 Å². The molecule has 4 nitrogen and oxygen atoms in total. The minimum Gasteiger partial charge on any atom is -0.339 e. The predicted molar refractivity (Wildman–Crippen MR) is 114 cm³/mol. The molecule has 1 N–H and O–H groups in total. The second-order valence-electron chi connectivity index (χ2n) is 7.36. The highest BCUT2D eigenvalue weighted by Gasteiger charge is 2.25. The van der Waals surface area contributed by atoms with E-state index in [1.807, 2.05) is 35.2 Å². The Balaban J connectivity index is 1.43. The summed E-state index contributed by atoms with van der Waals surface area (Å²) in [5, 5.41) is 3.49. The molecule has 1 fully saturated rings. The second-order valence-corrected chi connectivity index (χ2v) is 7.76. The van der Waals surface area contributed by atoms with Gasteiger partial charge in [-0.15, -0.1) is 0 Å². The van der Waals surface area contributed by atoms with E-state index in [-0.39, 0.29) is 11.8 Å². The van der Waals surface area contributed by atoms with Crippen LogP contribution < -0.4 is 5.32 Å². The first-order chi connectivity index (χ1) is 13.6. The maximum atomic E-state index is 12.6. The number of benzene rings is 2. The Bertz CT molecular complexity index is 829. The topological polar surface area (TPSA) is 49.4 Å². The SMILES string of the molecule is CCc1cccc(NC(=O)CCC2CCN(C(=O)c3ccccc3Cl)CC2)c1. The van der Waals surface area contributed by atoms with Gasteiger partial charge in [0.25, 0.3) is 5.91 Å². The molecule has 0 spiro atoms. The summed E-state index contributed by atoms with van der Waals surface area (Å²) >= 11 is 6.15. The molecule has 1 aliphatic heterocycles. The molecule has 1 heterocycles. The highest BCUT2D eigenvalue weighted by molar-refractivity contribution is 6.33. The molecule has 0 bridgehead atoms. The van der Waals surface area contributed by atoms with Gasteiger partial charge >= 0.3 is 0 Å². The maximum Gasteiger partial charge on any atom is 0.255 e. The van der Waals surface area contributed by atoms with E-state index in [4.69, 9.17) is 11.6 Å². The van der Waals surface area contributed by atoms with Crippen molar-refractivity contribution in [3.63, 3.8) is 0 Å². The number of piperidine rings is 1. The molecule has 3 rings (SSSR count). The summed E-state index contributed by atoms with van der Waals surface area (Å²) in [6, 6.07) is 15.2. The van der Waals surface area contributed by atoms with E-state index >= 15 is 0 Å². The molecule has 28 heavy (non-hydrogen) atoms. The lowest BCUT2D eigenvalue weighted by atomic mass is 9.91. The van der Waals surface area contributed by atoms with E-state index in [2.05, 4.69) is 18.3 Å². The molecule has 1 aliphatic rings. The Morgan fingerprint density at radius 2 is 1.86 bits per heavy atom. The molecule has 2 aromatic rings. The Hall–Kier alpha value is -2.33. The van der Waals surface area contributed by atoms with Gasteiger partial charge in [0.1, 0.15) is 0 Å². The highest BCUT2D eigenvalue weighted by Crippen LogP contribution is 2.25. The number of hydrogen-bond donors (Lipinski definition) is 1. The molecule has 148 valence electrons. The molecule has 0 aromatic heterocycles. The van der Waals surface area contributed by atoms with Crippen molar-refractivity contribution in [2.75, 3.05) is 18.4 Å². The minimum absolute atomic E-state index is 0.00222. The van der Waals surface area contributed by atoms with Gasteiger partial charge in [0, 0.05) is 25.2 Å². The zero-order valence-electron chi connectivity index (χ0n) is 16.3. The third-order valence-corrected chi connectivity index (χ3v) is 5.73. The molecule has 2 aromatic carbocycles. The van der Waals surface area contributed by atoms with Crippen LogP contribution in [0.5, 0.6) is 0 Å². The quantitative estimate of drug-likeness (QED) is 0.729. The zero-order valence-corrected chi connectivity index (χ0v) is 17.0. The lowest BCUT2D eigenvalue weighted by Gasteiger charge is -2.32. The lowest BCUT2D eigenvalue weighted by Crippen LogP contribution is -2.38. The summed E-state index contributed by atoms with van der Waals surface area (Å²) in [5.74, 6) is 0.531. The van der Waals surface area contributed by atoms with E-state index in [0.717, 1.165) is 44.5 Å². The number of nitrogens with one attached hydrogen (secondary N) is 1. The number of hydrogen-bond acceptors (Lipinski definition) is 2. The summed E-state index contributed by atoms with van der Waals surface area (Å²) in [5.41, 5.74) is 2.65. The number of amides is 2. The molecular weight excluding hydrogens is 372 g/mol. The van der Waals surface area contributed by atoms with Crippen LogP contribution in [0, 0.1) is 5.92 Å². The first kappa shape index (κ1) is 20.4. The first-order valence-corrected chi connectivity index (χ1v) is 10.4. The van der Waals surface area contributed by atoms with Crippen molar-refractivity contribution < 1.29 is 9.59 Å². The van der Waals surface area contributed by atoms with Crippen LogP contribution in [0.25, 0.3) is 0 Å². The Kier molecular flexibility index (Phi) is 7.10. The number of carbonyl (C=O) groups excluding carboxylic acids is 2. The fourth-order valence-corrected chi connectivity index (χ4v) is 3.87. The monoisotopic (exact) mass is 398 g/mol. The summed E-state index contributed by atoms with van der Waals surface area (Å²) in [7, 11) is 0. The molecule has 0 unspecified atom stereocenters. The summed E-state index contributed by atoms with van der Waals surface area (Å²) in [6.45, 7) is 3.54. The van der Waals surface area contributed by atoms with E-state index < -0.39 is 0 Å². The van der Waals surface area contributed by atoms with E-state index in [1.165, 1.54) is 5.56 Å². The van der Waals surface area contributed by atoms with Gasteiger partial charge in [-0.25, -0.2) is 0 Å². The van der Waals surface area contributed by atoms with Crippen molar-refractivity contribution in [1.82, 2.24) is 4.90 Å². The van der Waals surface area contributed by atoms with Gasteiger partial charge in [0.15, 0.2) is 0 Å². The third-order valence-electron chi connectivity index (χ3n) is 5.40. The van der Waals surface area contributed by atoms with Gasteiger partial charge in [-0.3, -0.25) is 9.59 Å². The van der Waals surface area contributed by atoms with E-state index in [1.54, 1.807) is 12.1 Å². The van der Waals surface area contributed by atoms with Crippen molar-refractivity contribution in [2.45, 2.75) is 39.0 Å². The summed E-state index contributed by atoms with van der Waals surface area (Å²) in [4.78, 5) is 26.8. The zero-order chi connectivity index (χ0) is 19.9. The van der Waals surface area contributed by atoms with Crippen molar-refractivity contribution in [3.8, 4) is 0 Å². The number of anilines is 1. The molecular formula is C23H27ClN2O2. The summed E-state index contributed by atoms with van der Waals surface area (Å²) in [6.07, 6.45) is 4.17. The average molecular weight is 399 g/mol. The lowest BCUT2D eigenvalue weighted by molar-refractivity contribution is -0.116. The normalized spacial score (nSPS) is 14.7. The molecule has 0 aliphatic carbocycles. The van der Waals surface area contributed by atoms with Crippen molar-refractivity contribution in [2.24, 2.45) is 5.92 Å². The molecule has 1 saturated heterocycles. The van der Waals surface area contributed by atoms with Gasteiger partial charge in [0.2, 0.25) is 5.91 Å². The number of aryl methyl sites for hydroxylation is 1. The van der Waals surface area contributed by atoms with Crippen molar-refractivity contribution in [1.29, 1.82) is 0 Å². The van der Waals surface area contributed by atoms with Gasteiger partial charge in [-0.1, -0.05) is 42.8 Å². The highest BCUT2D eigenvalue weighted by atomic mass is 35.5. The predicted octanol–water partition coefficient (Wildman–Crippen LogP) is 5.17. The van der Waals surface area contributed by atoms with Crippen LogP contribution in [0.4, 0.5) is 5.69 Å². The van der Waals surface area contributed by atoms with E-state index in [0.29, 0.717) is 22.9 Å². The van der Waals surface area contributed by atoms with Crippen molar-refractivity contribution >= 4 is 29.1 Å². The molecule has 2 amide bonds. The van der Waals surface area contributed by atoms with Crippen molar-refractivity contribution in [3.05, 3.63) is 64.7 Å². The largest absolute Gasteiger partial charge is 0.339 e. The van der Waals surface area contributed by atoms with Crippen LogP contribution in [-0.2, 0) is 11.2 Å². The molecule has 0 saturated carbocycles. The number of carbonyl (C=O) groups is 2. The number of rotatable bonds is 6. The molecule has 0 radical (unpaired) electrons.